The van der Waals surface area contributed by atoms with E-state index in [1.54, 1.807) is 19.1 Å². The Morgan fingerprint density at radius 2 is 2.00 bits per heavy atom. The van der Waals surface area contributed by atoms with Gasteiger partial charge in [0.15, 0.2) is 0 Å². The van der Waals surface area contributed by atoms with E-state index in [4.69, 9.17) is 21.5 Å². The molecule has 0 aliphatic heterocycles. The third kappa shape index (κ3) is 5.42. The van der Waals surface area contributed by atoms with Crippen molar-refractivity contribution < 1.29 is 22.3 Å². The van der Waals surface area contributed by atoms with Crippen molar-refractivity contribution in [1.82, 2.24) is 0 Å². The van der Waals surface area contributed by atoms with Crippen molar-refractivity contribution >= 4 is 33.2 Å². The van der Waals surface area contributed by atoms with Gasteiger partial charge in [-0.05, 0) is 42.8 Å². The summed E-state index contributed by atoms with van der Waals surface area (Å²) in [5.41, 5.74) is 0.786. The molecule has 2 aromatic rings. The van der Waals surface area contributed by atoms with E-state index in [2.05, 4.69) is 5.32 Å². The van der Waals surface area contributed by atoms with Gasteiger partial charge in [-0.25, -0.2) is 17.9 Å². The fourth-order valence-electron chi connectivity index (χ4n) is 2.05. The van der Waals surface area contributed by atoms with Gasteiger partial charge in [0.05, 0.1) is 22.9 Å². The molecule has 0 unspecified atom stereocenters. The molecule has 0 saturated heterocycles. The van der Waals surface area contributed by atoms with Crippen molar-refractivity contribution in [3.05, 3.63) is 52.8 Å². The van der Waals surface area contributed by atoms with Gasteiger partial charge >= 0.3 is 0 Å². The zero-order valence-corrected chi connectivity index (χ0v) is 14.8. The van der Waals surface area contributed by atoms with Crippen LogP contribution in [-0.4, -0.2) is 20.9 Å². The highest BCUT2D eigenvalue weighted by Crippen LogP contribution is 2.25. The molecule has 0 aromatic heterocycles. The van der Waals surface area contributed by atoms with E-state index in [1.807, 2.05) is 0 Å². The minimum absolute atomic E-state index is 0.00765. The number of ether oxygens (including phenoxy) is 1. The number of carbonyl (C=O) groups excluding carboxylic acids is 1. The van der Waals surface area contributed by atoms with E-state index < -0.39 is 15.8 Å². The second-order valence-electron chi connectivity index (χ2n) is 5.25. The number of aryl methyl sites for hydroxylation is 1. The summed E-state index contributed by atoms with van der Waals surface area (Å²) in [7, 11) is -3.87. The lowest BCUT2D eigenvalue weighted by atomic mass is 10.2. The number of nitrogens with one attached hydrogen (secondary N) is 1. The van der Waals surface area contributed by atoms with Gasteiger partial charge < -0.3 is 10.1 Å². The average Bonchev–Trinajstić information content (AvgIpc) is 2.50. The number of anilines is 1. The summed E-state index contributed by atoms with van der Waals surface area (Å²) >= 11 is 5.82. The Labute approximate surface area is 149 Å². The lowest BCUT2D eigenvalue weighted by molar-refractivity contribution is -0.116. The second-order valence-corrected chi connectivity index (χ2v) is 7.18. The molecule has 6 nitrogen and oxygen atoms in total. The van der Waals surface area contributed by atoms with Crippen molar-refractivity contribution in [1.29, 1.82) is 0 Å². The number of rotatable bonds is 6. The molecule has 1 amide bonds. The fraction of sp³-hybridized carbons (Fsp3) is 0.188. The zero-order chi connectivity index (χ0) is 18.6. The Bertz CT molecular complexity index is 903. The van der Waals surface area contributed by atoms with Crippen LogP contribution in [0.3, 0.4) is 0 Å². The van der Waals surface area contributed by atoms with Gasteiger partial charge in [0, 0.05) is 5.69 Å². The molecule has 9 heteroatoms. The predicted molar refractivity (Wildman–Crippen MR) is 92.7 cm³/mol. The van der Waals surface area contributed by atoms with Crippen molar-refractivity contribution in [2.45, 2.75) is 18.2 Å². The van der Waals surface area contributed by atoms with Crippen LogP contribution in [0.25, 0.3) is 0 Å². The van der Waals surface area contributed by atoms with Crippen molar-refractivity contribution in [2.24, 2.45) is 5.14 Å². The Kier molecular flexibility index (Phi) is 5.99. The third-order valence-corrected chi connectivity index (χ3v) is 4.61. The summed E-state index contributed by atoms with van der Waals surface area (Å²) < 4.78 is 41.2. The molecular weight excluding hydrogens is 371 g/mol. The summed E-state index contributed by atoms with van der Waals surface area (Å²) in [6, 6.07) is 8.08. The highest BCUT2D eigenvalue weighted by molar-refractivity contribution is 7.89. The Balaban J connectivity index is 1.94. The van der Waals surface area contributed by atoms with E-state index in [0.717, 1.165) is 6.07 Å². The van der Waals surface area contributed by atoms with E-state index in [-0.39, 0.29) is 34.6 Å². The molecule has 0 bridgehead atoms. The molecule has 0 heterocycles. The molecule has 3 N–H and O–H groups in total. The number of hydrogen-bond donors (Lipinski definition) is 2. The summed E-state index contributed by atoms with van der Waals surface area (Å²) in [6.45, 7) is 1.62. The zero-order valence-electron chi connectivity index (χ0n) is 13.3. The molecule has 2 aromatic carbocycles. The molecule has 0 saturated carbocycles. The van der Waals surface area contributed by atoms with Gasteiger partial charge in [0.25, 0.3) is 0 Å². The largest absolute Gasteiger partial charge is 0.491 e. The van der Waals surface area contributed by atoms with Crippen LogP contribution in [-0.2, 0) is 14.8 Å². The van der Waals surface area contributed by atoms with Gasteiger partial charge in [-0.3, -0.25) is 4.79 Å². The molecule has 2 rings (SSSR count). The topological polar surface area (TPSA) is 98.5 Å². The maximum atomic E-state index is 12.9. The second kappa shape index (κ2) is 7.81. The van der Waals surface area contributed by atoms with E-state index in [0.29, 0.717) is 11.3 Å². The van der Waals surface area contributed by atoms with Crippen molar-refractivity contribution in [3.8, 4) is 5.75 Å². The summed E-state index contributed by atoms with van der Waals surface area (Å²) in [5, 5.41) is 7.79. The molecule has 0 radical (unpaired) electrons. The Morgan fingerprint density at radius 3 is 2.64 bits per heavy atom. The predicted octanol–water partition coefficient (Wildman–Crippen LogP) is 2.84. The van der Waals surface area contributed by atoms with Gasteiger partial charge in [0.2, 0.25) is 15.9 Å². The number of amides is 1. The maximum Gasteiger partial charge on any atom is 0.238 e. The van der Waals surface area contributed by atoms with Crippen molar-refractivity contribution in [3.63, 3.8) is 0 Å². The molecule has 0 atom stereocenters. The first kappa shape index (κ1) is 19.2. The van der Waals surface area contributed by atoms with Gasteiger partial charge in [0.1, 0.15) is 11.6 Å². The van der Waals surface area contributed by atoms with Crippen LogP contribution in [0.15, 0.2) is 41.3 Å². The highest BCUT2D eigenvalue weighted by Gasteiger charge is 2.13. The van der Waals surface area contributed by atoms with Crippen molar-refractivity contribution in [2.75, 3.05) is 11.9 Å². The Morgan fingerprint density at radius 1 is 1.28 bits per heavy atom. The first-order chi connectivity index (χ1) is 11.7. The van der Waals surface area contributed by atoms with Crippen LogP contribution in [0.2, 0.25) is 5.02 Å². The number of carbonyl (C=O) groups is 1. The average molecular weight is 387 g/mol. The third-order valence-electron chi connectivity index (χ3n) is 3.26. The van der Waals surface area contributed by atoms with Crippen LogP contribution < -0.4 is 15.2 Å². The summed E-state index contributed by atoms with van der Waals surface area (Å²) in [6.07, 6.45) is -0.00765. The van der Waals surface area contributed by atoms with Crippen LogP contribution in [0, 0.1) is 12.7 Å². The van der Waals surface area contributed by atoms with Crippen LogP contribution >= 0.6 is 11.6 Å². The molecular formula is C16H16ClFN2O4S. The summed E-state index contributed by atoms with van der Waals surface area (Å²) in [4.78, 5) is 11.9. The molecule has 0 fully saturated rings. The molecule has 134 valence electrons. The van der Waals surface area contributed by atoms with Crippen LogP contribution in [0.1, 0.15) is 12.0 Å². The molecule has 0 spiro atoms. The fourth-order valence-corrected chi connectivity index (χ4v) is 3.08. The Hall–Kier alpha value is -2.16. The van der Waals surface area contributed by atoms with Gasteiger partial charge in [-0.1, -0.05) is 17.7 Å². The van der Waals surface area contributed by atoms with E-state index in [9.17, 15) is 17.6 Å². The number of halogens is 2. The minimum Gasteiger partial charge on any atom is -0.491 e. The quantitative estimate of drug-likeness (QED) is 0.797. The first-order valence-electron chi connectivity index (χ1n) is 7.18. The SMILES string of the molecule is Cc1ccc(NC(=O)CCOc2ccc(F)cc2Cl)cc1S(N)(=O)=O. The van der Waals surface area contributed by atoms with Crippen LogP contribution in [0.5, 0.6) is 5.75 Å². The summed E-state index contributed by atoms with van der Waals surface area (Å²) in [5.74, 6) is -0.606. The molecule has 0 aliphatic carbocycles. The minimum atomic E-state index is -3.87. The number of sulfonamides is 1. The normalized spacial score (nSPS) is 11.2. The standard InChI is InChI=1S/C16H16ClFN2O4S/c1-10-2-4-12(9-15(10)25(19,22)23)20-16(21)6-7-24-14-5-3-11(18)8-13(14)17/h2-5,8-9H,6-7H2,1H3,(H,20,21)(H2,19,22,23). The van der Waals surface area contributed by atoms with E-state index in [1.165, 1.54) is 18.2 Å². The van der Waals surface area contributed by atoms with Crippen LogP contribution in [0.4, 0.5) is 10.1 Å². The lowest BCUT2D eigenvalue weighted by Gasteiger charge is -2.10. The highest BCUT2D eigenvalue weighted by atomic mass is 35.5. The smallest absolute Gasteiger partial charge is 0.238 e. The number of nitrogens with two attached hydrogens (primary N) is 1. The van der Waals surface area contributed by atoms with Gasteiger partial charge in [-0.2, -0.15) is 0 Å². The monoisotopic (exact) mass is 386 g/mol. The van der Waals surface area contributed by atoms with Gasteiger partial charge in [-0.15, -0.1) is 0 Å². The number of primary sulfonamides is 1. The molecule has 25 heavy (non-hydrogen) atoms. The number of hydrogen-bond acceptors (Lipinski definition) is 4. The molecule has 0 aliphatic rings. The number of benzene rings is 2. The van der Waals surface area contributed by atoms with E-state index >= 15 is 0 Å². The first-order valence-corrected chi connectivity index (χ1v) is 9.10. The lowest BCUT2D eigenvalue weighted by Crippen LogP contribution is -2.17. The maximum absolute atomic E-state index is 12.9.